The second-order valence-electron chi connectivity index (χ2n) is 4.81. The van der Waals surface area contributed by atoms with Crippen LogP contribution in [0.4, 0.5) is 5.13 Å². The van der Waals surface area contributed by atoms with Gasteiger partial charge in [0.05, 0.1) is 9.35 Å². The number of anilines is 1. The average molecular weight is 407 g/mol. The molecule has 0 fully saturated rings. The highest BCUT2D eigenvalue weighted by Gasteiger charge is 2.10. The number of amides is 1. The average Bonchev–Trinajstić information content (AvgIpc) is 3.02. The molecule has 0 radical (unpaired) electrons. The second-order valence-corrected chi connectivity index (χ2v) is 6.69. The predicted octanol–water partition coefficient (Wildman–Crippen LogP) is 2.06. The Hall–Kier alpha value is -2.52. The zero-order chi connectivity index (χ0) is 17.1. The quantitative estimate of drug-likeness (QED) is 0.692. The van der Waals surface area contributed by atoms with Crippen molar-refractivity contribution < 1.29 is 4.79 Å². The molecule has 1 aromatic carbocycles. The first-order valence-electron chi connectivity index (χ1n) is 6.83. The van der Waals surface area contributed by atoms with E-state index >= 15 is 0 Å². The lowest BCUT2D eigenvalue weighted by molar-refractivity contribution is -0.116. The lowest BCUT2D eigenvalue weighted by Gasteiger charge is -2.05. The largest absolute Gasteiger partial charge is 0.328 e. The highest BCUT2D eigenvalue weighted by Crippen LogP contribution is 2.28. The van der Waals surface area contributed by atoms with Gasteiger partial charge in [-0.3, -0.25) is 19.1 Å². The Bertz CT molecular complexity index is 994. The minimum absolute atomic E-state index is 0.176. The molecule has 0 bridgehead atoms. The standard InChI is InChI=1S/C15H11BrN4O3S/c16-10-7-20(15(23)19-13(10)22)8-12(21)18-14-17-6-11(24-14)9-4-2-1-3-5-9/h1-7H,8H2,(H,17,18,21)(H,19,22,23). The van der Waals surface area contributed by atoms with E-state index in [1.807, 2.05) is 30.3 Å². The van der Waals surface area contributed by atoms with E-state index in [2.05, 4.69) is 31.2 Å². The summed E-state index contributed by atoms with van der Waals surface area (Å²) in [5.41, 5.74) is -0.178. The maximum atomic E-state index is 12.1. The summed E-state index contributed by atoms with van der Waals surface area (Å²) in [5.74, 6) is -0.412. The van der Waals surface area contributed by atoms with Crippen LogP contribution < -0.4 is 16.6 Å². The molecule has 3 rings (SSSR count). The molecule has 1 amide bonds. The van der Waals surface area contributed by atoms with E-state index in [1.165, 1.54) is 17.5 Å². The number of aromatic amines is 1. The maximum absolute atomic E-state index is 12.1. The fourth-order valence-corrected chi connectivity index (χ4v) is 3.17. The lowest BCUT2D eigenvalue weighted by Crippen LogP contribution is -2.33. The van der Waals surface area contributed by atoms with Crippen molar-refractivity contribution in [2.75, 3.05) is 5.32 Å². The van der Waals surface area contributed by atoms with Crippen LogP contribution in [0.3, 0.4) is 0 Å². The summed E-state index contributed by atoms with van der Waals surface area (Å²) in [6, 6.07) is 9.68. The van der Waals surface area contributed by atoms with Gasteiger partial charge in [-0.2, -0.15) is 0 Å². The van der Waals surface area contributed by atoms with Crippen molar-refractivity contribution in [1.82, 2.24) is 14.5 Å². The molecular weight excluding hydrogens is 396 g/mol. The van der Waals surface area contributed by atoms with Gasteiger partial charge >= 0.3 is 5.69 Å². The zero-order valence-corrected chi connectivity index (χ0v) is 14.6. The summed E-state index contributed by atoms with van der Waals surface area (Å²) < 4.78 is 1.28. The van der Waals surface area contributed by atoms with Crippen molar-refractivity contribution in [3.63, 3.8) is 0 Å². The van der Waals surface area contributed by atoms with Crippen LogP contribution in [0.5, 0.6) is 0 Å². The Labute approximate surface area is 148 Å². The number of nitrogens with one attached hydrogen (secondary N) is 2. The Morgan fingerprint density at radius 3 is 2.79 bits per heavy atom. The maximum Gasteiger partial charge on any atom is 0.328 e. The third-order valence-electron chi connectivity index (χ3n) is 3.09. The van der Waals surface area contributed by atoms with Gasteiger partial charge in [0.15, 0.2) is 5.13 Å². The van der Waals surface area contributed by atoms with Gasteiger partial charge in [-0.15, -0.1) is 0 Å². The minimum atomic E-state index is -0.650. The van der Waals surface area contributed by atoms with Gasteiger partial charge in [0.1, 0.15) is 6.54 Å². The smallest absolute Gasteiger partial charge is 0.300 e. The van der Waals surface area contributed by atoms with Crippen LogP contribution in [-0.2, 0) is 11.3 Å². The third kappa shape index (κ3) is 3.69. The normalized spacial score (nSPS) is 10.5. The van der Waals surface area contributed by atoms with E-state index in [-0.39, 0.29) is 11.0 Å². The molecule has 2 N–H and O–H groups in total. The highest BCUT2D eigenvalue weighted by molar-refractivity contribution is 9.10. The molecule has 0 saturated heterocycles. The molecule has 24 heavy (non-hydrogen) atoms. The number of thiazole rings is 1. The monoisotopic (exact) mass is 406 g/mol. The van der Waals surface area contributed by atoms with Crippen LogP contribution >= 0.6 is 27.3 Å². The Morgan fingerprint density at radius 1 is 1.29 bits per heavy atom. The number of rotatable bonds is 4. The van der Waals surface area contributed by atoms with E-state index < -0.39 is 17.2 Å². The van der Waals surface area contributed by atoms with Crippen molar-refractivity contribution in [2.45, 2.75) is 6.54 Å². The zero-order valence-electron chi connectivity index (χ0n) is 12.2. The van der Waals surface area contributed by atoms with Crippen LogP contribution in [-0.4, -0.2) is 20.4 Å². The van der Waals surface area contributed by atoms with Crippen LogP contribution in [0.1, 0.15) is 0 Å². The van der Waals surface area contributed by atoms with Crippen LogP contribution in [0.2, 0.25) is 0 Å². The van der Waals surface area contributed by atoms with Gasteiger partial charge in [0.2, 0.25) is 5.91 Å². The lowest BCUT2D eigenvalue weighted by atomic mass is 10.2. The number of carbonyl (C=O) groups is 1. The summed E-state index contributed by atoms with van der Waals surface area (Å²) in [6.07, 6.45) is 2.95. The molecular formula is C15H11BrN4O3S. The first kappa shape index (κ1) is 16.3. The third-order valence-corrected chi connectivity index (χ3v) is 4.62. The molecule has 0 aliphatic rings. The van der Waals surface area contributed by atoms with Gasteiger partial charge in [-0.25, -0.2) is 9.78 Å². The number of H-pyrrole nitrogens is 1. The van der Waals surface area contributed by atoms with Gasteiger partial charge in [-0.05, 0) is 21.5 Å². The van der Waals surface area contributed by atoms with Gasteiger partial charge < -0.3 is 5.32 Å². The molecule has 0 aliphatic heterocycles. The Kier molecular flexibility index (Phi) is 4.72. The number of aromatic nitrogens is 3. The molecule has 0 spiro atoms. The van der Waals surface area contributed by atoms with E-state index in [1.54, 1.807) is 6.20 Å². The topological polar surface area (TPSA) is 96.9 Å². The van der Waals surface area contributed by atoms with Crippen molar-refractivity contribution in [1.29, 1.82) is 0 Å². The molecule has 0 saturated carbocycles. The number of carbonyl (C=O) groups excluding carboxylic acids is 1. The van der Waals surface area contributed by atoms with Gasteiger partial charge in [-0.1, -0.05) is 41.7 Å². The Balaban J connectivity index is 1.72. The predicted molar refractivity (Wildman–Crippen MR) is 95.2 cm³/mol. The number of hydrogen-bond acceptors (Lipinski definition) is 5. The van der Waals surface area contributed by atoms with Gasteiger partial charge in [0.25, 0.3) is 5.56 Å². The molecule has 3 aromatic rings. The fraction of sp³-hybridized carbons (Fsp3) is 0.0667. The molecule has 0 aliphatic carbocycles. The summed E-state index contributed by atoms with van der Waals surface area (Å²) in [7, 11) is 0. The van der Waals surface area contributed by atoms with Crippen LogP contribution in [0, 0.1) is 0 Å². The first-order valence-corrected chi connectivity index (χ1v) is 8.44. The minimum Gasteiger partial charge on any atom is -0.300 e. The number of hydrogen-bond donors (Lipinski definition) is 2. The molecule has 2 aromatic heterocycles. The van der Waals surface area contributed by atoms with Crippen LogP contribution in [0.25, 0.3) is 10.4 Å². The summed E-state index contributed by atoms with van der Waals surface area (Å²) >= 11 is 4.36. The molecule has 2 heterocycles. The fourth-order valence-electron chi connectivity index (χ4n) is 1.98. The van der Waals surface area contributed by atoms with Crippen molar-refractivity contribution in [3.05, 3.63) is 68.0 Å². The number of benzene rings is 1. The summed E-state index contributed by atoms with van der Waals surface area (Å²) in [5, 5.41) is 3.08. The second kappa shape index (κ2) is 6.93. The van der Waals surface area contributed by atoms with E-state index in [9.17, 15) is 14.4 Å². The SMILES string of the molecule is O=C(Cn1cc(Br)c(=O)[nH]c1=O)Nc1ncc(-c2ccccc2)s1. The molecule has 122 valence electrons. The van der Waals surface area contributed by atoms with E-state index in [4.69, 9.17) is 0 Å². The molecule has 7 nitrogen and oxygen atoms in total. The highest BCUT2D eigenvalue weighted by atomic mass is 79.9. The van der Waals surface area contributed by atoms with Crippen molar-refractivity contribution >= 4 is 38.3 Å². The molecule has 0 unspecified atom stereocenters. The van der Waals surface area contributed by atoms with Crippen molar-refractivity contribution in [2.24, 2.45) is 0 Å². The van der Waals surface area contributed by atoms with E-state index in [0.29, 0.717) is 5.13 Å². The summed E-state index contributed by atoms with van der Waals surface area (Å²) in [6.45, 7) is -0.228. The molecule has 0 atom stereocenters. The number of nitrogens with zero attached hydrogens (tertiary/aromatic N) is 2. The molecule has 9 heteroatoms. The van der Waals surface area contributed by atoms with Gasteiger partial charge in [0, 0.05) is 12.4 Å². The van der Waals surface area contributed by atoms with E-state index in [0.717, 1.165) is 15.0 Å². The summed E-state index contributed by atoms with van der Waals surface area (Å²) in [4.78, 5) is 42.2. The first-order chi connectivity index (χ1) is 11.5. The van der Waals surface area contributed by atoms with Crippen LogP contribution in [0.15, 0.2) is 56.8 Å². The Morgan fingerprint density at radius 2 is 2.04 bits per heavy atom. The van der Waals surface area contributed by atoms with Crippen molar-refractivity contribution in [3.8, 4) is 10.4 Å². The number of halogens is 1.